The van der Waals surface area contributed by atoms with Crippen LogP contribution < -0.4 is 10.6 Å². The zero-order valence-corrected chi connectivity index (χ0v) is 12.0. The van der Waals surface area contributed by atoms with Crippen LogP contribution in [0.3, 0.4) is 0 Å². The minimum Gasteiger partial charge on any atom is -0.355 e. The van der Waals surface area contributed by atoms with Crippen LogP contribution in [-0.4, -0.2) is 28.8 Å². The van der Waals surface area contributed by atoms with E-state index in [9.17, 15) is 4.79 Å². The second-order valence-corrected chi connectivity index (χ2v) is 4.31. The third-order valence-corrected chi connectivity index (χ3v) is 3.08. The van der Waals surface area contributed by atoms with E-state index in [0.29, 0.717) is 24.7 Å². The zero-order valence-electron chi connectivity index (χ0n) is 11.2. The molecule has 0 radical (unpaired) electrons. The van der Waals surface area contributed by atoms with Gasteiger partial charge in [0.2, 0.25) is 5.91 Å². The predicted molar refractivity (Wildman–Crippen MR) is 72.7 cm³/mol. The summed E-state index contributed by atoms with van der Waals surface area (Å²) in [4.78, 5) is 11.3. The molecule has 0 spiro atoms. The Morgan fingerprint density at radius 1 is 1.39 bits per heavy atom. The Labute approximate surface area is 113 Å². The fraction of sp³-hybridized carbons (Fsp3) is 0.667. The summed E-state index contributed by atoms with van der Waals surface area (Å²) in [6, 6.07) is 0. The summed E-state index contributed by atoms with van der Waals surface area (Å²) in [6.07, 6.45) is 0.815. The average Bonchev–Trinajstić information content (AvgIpc) is 2.66. The largest absolute Gasteiger partial charge is 0.355 e. The minimum atomic E-state index is -0.00750. The van der Waals surface area contributed by atoms with Crippen molar-refractivity contribution in [2.24, 2.45) is 0 Å². The lowest BCUT2D eigenvalue weighted by molar-refractivity contribution is -0.120. The van der Waals surface area contributed by atoms with Crippen LogP contribution in [0.4, 0.5) is 0 Å². The van der Waals surface area contributed by atoms with Crippen molar-refractivity contribution in [2.45, 2.75) is 40.3 Å². The number of carbonyl (C=O) groups is 1. The number of aryl methyl sites for hydroxylation is 2. The molecule has 0 atom stereocenters. The van der Waals surface area contributed by atoms with E-state index in [1.54, 1.807) is 0 Å². The van der Waals surface area contributed by atoms with Crippen molar-refractivity contribution in [1.82, 2.24) is 20.4 Å². The van der Waals surface area contributed by atoms with E-state index in [0.717, 1.165) is 24.4 Å². The zero-order chi connectivity index (χ0) is 13.5. The van der Waals surface area contributed by atoms with Crippen molar-refractivity contribution in [1.29, 1.82) is 0 Å². The number of nitrogens with one attached hydrogen (secondary N) is 2. The summed E-state index contributed by atoms with van der Waals surface area (Å²) in [7, 11) is 0. The van der Waals surface area contributed by atoms with Crippen LogP contribution in [0.1, 0.15) is 32.2 Å². The Bertz CT molecular complexity index is 403. The van der Waals surface area contributed by atoms with Gasteiger partial charge in [0, 0.05) is 19.6 Å². The smallest absolute Gasteiger partial charge is 0.233 e. The second-order valence-electron chi connectivity index (χ2n) is 3.93. The van der Waals surface area contributed by atoms with Gasteiger partial charge in [0.25, 0.3) is 0 Å². The first-order valence-electron chi connectivity index (χ1n) is 6.35. The fourth-order valence-electron chi connectivity index (χ4n) is 1.74. The molecule has 0 aliphatic rings. The minimum absolute atomic E-state index is 0.00750. The van der Waals surface area contributed by atoms with Gasteiger partial charge in [-0.2, -0.15) is 5.10 Å². The highest BCUT2D eigenvalue weighted by Crippen LogP contribution is 2.21. The number of rotatable bonds is 7. The number of likely N-dealkylation sites (N-methyl/N-ethyl adjacent to an activating group) is 1. The number of hydrogen-bond donors (Lipinski definition) is 2. The Morgan fingerprint density at radius 2 is 2.11 bits per heavy atom. The molecule has 2 N–H and O–H groups in total. The molecule has 1 aromatic rings. The Balaban J connectivity index is 2.61. The van der Waals surface area contributed by atoms with E-state index in [1.165, 1.54) is 0 Å². The SMILES string of the molecule is CCNC(=O)CNCc1c(Cl)c(CC)nn1CC. The topological polar surface area (TPSA) is 59.0 Å². The van der Waals surface area contributed by atoms with Crippen molar-refractivity contribution >= 4 is 17.5 Å². The molecule has 0 saturated heterocycles. The van der Waals surface area contributed by atoms with Gasteiger partial charge in [-0.3, -0.25) is 9.48 Å². The van der Waals surface area contributed by atoms with Gasteiger partial charge in [-0.15, -0.1) is 0 Å². The maximum absolute atomic E-state index is 11.3. The van der Waals surface area contributed by atoms with Crippen LogP contribution in [0.25, 0.3) is 0 Å². The van der Waals surface area contributed by atoms with Crippen molar-refractivity contribution in [2.75, 3.05) is 13.1 Å². The number of carbonyl (C=O) groups excluding carboxylic acids is 1. The van der Waals surface area contributed by atoms with E-state index >= 15 is 0 Å². The molecule has 0 aliphatic heterocycles. The average molecular weight is 273 g/mol. The molecule has 0 fully saturated rings. The third-order valence-electron chi connectivity index (χ3n) is 2.65. The van der Waals surface area contributed by atoms with Gasteiger partial charge < -0.3 is 10.6 Å². The number of nitrogens with zero attached hydrogens (tertiary/aromatic N) is 2. The van der Waals surface area contributed by atoms with Gasteiger partial charge in [0.05, 0.1) is 23.0 Å². The van der Waals surface area contributed by atoms with E-state index in [4.69, 9.17) is 11.6 Å². The molecule has 0 saturated carbocycles. The summed E-state index contributed by atoms with van der Waals surface area (Å²) in [6.45, 7) is 8.22. The monoisotopic (exact) mass is 272 g/mol. The molecule has 6 heteroatoms. The van der Waals surface area contributed by atoms with Crippen molar-refractivity contribution in [3.63, 3.8) is 0 Å². The molecule has 1 aromatic heterocycles. The first-order valence-corrected chi connectivity index (χ1v) is 6.73. The van der Waals surface area contributed by atoms with Crippen LogP contribution >= 0.6 is 11.6 Å². The molecule has 0 aliphatic carbocycles. The summed E-state index contributed by atoms with van der Waals surface area (Å²) in [5.41, 5.74) is 1.86. The molecule has 0 unspecified atom stereocenters. The molecule has 5 nitrogen and oxygen atoms in total. The highest BCUT2D eigenvalue weighted by atomic mass is 35.5. The number of hydrogen-bond acceptors (Lipinski definition) is 3. The standard InChI is InChI=1S/C12H21ClN4O/c1-4-9-12(13)10(17(6-3)16-9)7-14-8-11(18)15-5-2/h14H,4-8H2,1-3H3,(H,15,18). The molecule has 1 amide bonds. The normalized spacial score (nSPS) is 10.7. The first-order chi connectivity index (χ1) is 8.63. The fourth-order valence-corrected chi connectivity index (χ4v) is 2.08. The maximum atomic E-state index is 11.3. The van der Waals surface area contributed by atoms with Crippen LogP contribution in [0.2, 0.25) is 5.02 Å². The van der Waals surface area contributed by atoms with Crippen LogP contribution in [-0.2, 0) is 24.3 Å². The van der Waals surface area contributed by atoms with Gasteiger partial charge in [-0.25, -0.2) is 0 Å². The van der Waals surface area contributed by atoms with E-state index in [1.807, 2.05) is 25.5 Å². The molecule has 1 heterocycles. The van der Waals surface area contributed by atoms with Crippen LogP contribution in [0.5, 0.6) is 0 Å². The van der Waals surface area contributed by atoms with E-state index in [-0.39, 0.29) is 5.91 Å². The Hall–Kier alpha value is -1.07. The summed E-state index contributed by atoms with van der Waals surface area (Å²) in [5, 5.41) is 11.0. The third kappa shape index (κ3) is 3.71. The van der Waals surface area contributed by atoms with Gasteiger partial charge in [-0.1, -0.05) is 18.5 Å². The molecule has 18 heavy (non-hydrogen) atoms. The molecule has 0 bridgehead atoms. The van der Waals surface area contributed by atoms with Crippen molar-refractivity contribution in [3.05, 3.63) is 16.4 Å². The molecule has 1 rings (SSSR count). The number of halogens is 1. The highest BCUT2D eigenvalue weighted by molar-refractivity contribution is 6.31. The maximum Gasteiger partial charge on any atom is 0.233 e. The summed E-state index contributed by atoms with van der Waals surface area (Å²) < 4.78 is 1.88. The predicted octanol–water partition coefficient (Wildman–Crippen LogP) is 1.34. The number of amides is 1. The van der Waals surface area contributed by atoms with Gasteiger partial charge in [0.1, 0.15) is 0 Å². The Morgan fingerprint density at radius 3 is 2.67 bits per heavy atom. The van der Waals surface area contributed by atoms with Gasteiger partial charge in [0.15, 0.2) is 0 Å². The van der Waals surface area contributed by atoms with E-state index < -0.39 is 0 Å². The van der Waals surface area contributed by atoms with Crippen molar-refractivity contribution in [3.8, 4) is 0 Å². The van der Waals surface area contributed by atoms with Crippen LogP contribution in [0.15, 0.2) is 0 Å². The van der Waals surface area contributed by atoms with E-state index in [2.05, 4.69) is 15.7 Å². The van der Waals surface area contributed by atoms with Crippen LogP contribution in [0, 0.1) is 0 Å². The van der Waals surface area contributed by atoms with Gasteiger partial charge >= 0.3 is 0 Å². The molecular weight excluding hydrogens is 252 g/mol. The number of aromatic nitrogens is 2. The molecule has 102 valence electrons. The quantitative estimate of drug-likeness (QED) is 0.788. The Kier molecular flexibility index (Phi) is 6.15. The summed E-state index contributed by atoms with van der Waals surface area (Å²) in [5.74, 6) is -0.00750. The lowest BCUT2D eigenvalue weighted by Crippen LogP contribution is -2.33. The van der Waals surface area contributed by atoms with Gasteiger partial charge in [-0.05, 0) is 20.3 Å². The first kappa shape index (κ1) is 15.0. The lowest BCUT2D eigenvalue weighted by atomic mass is 10.3. The molecular formula is C12H21ClN4O. The highest BCUT2D eigenvalue weighted by Gasteiger charge is 2.13. The lowest BCUT2D eigenvalue weighted by Gasteiger charge is -2.07. The van der Waals surface area contributed by atoms with Crippen molar-refractivity contribution < 1.29 is 4.79 Å². The second kappa shape index (κ2) is 7.38. The molecule has 0 aromatic carbocycles. The summed E-state index contributed by atoms with van der Waals surface area (Å²) >= 11 is 6.26.